The van der Waals surface area contributed by atoms with E-state index in [2.05, 4.69) is 4.98 Å². The molecule has 0 fully saturated rings. The average molecular weight is 508 g/mol. The molecule has 0 aliphatic carbocycles. The molecule has 0 bridgehead atoms. The fraction of sp³-hybridized carbons (Fsp3) is 0.259. The SMILES string of the molecule is CC[C@H](C)N(CC(=O)N(Cc1ccccc1)Cc1cccs1)S(=O)(=O)c1cccc2cccnc12. The maximum absolute atomic E-state index is 13.9. The molecule has 0 aliphatic heterocycles. The Balaban J connectivity index is 1.67. The van der Waals surface area contributed by atoms with Crippen LogP contribution in [0.2, 0.25) is 0 Å². The van der Waals surface area contributed by atoms with Crippen LogP contribution in [-0.2, 0) is 27.9 Å². The Kier molecular flexibility index (Phi) is 7.95. The number of sulfonamides is 1. The Hall–Kier alpha value is -3.07. The highest BCUT2D eigenvalue weighted by atomic mass is 32.2. The van der Waals surface area contributed by atoms with Crippen molar-refractivity contribution in [3.8, 4) is 0 Å². The maximum Gasteiger partial charge on any atom is 0.245 e. The quantitative estimate of drug-likeness (QED) is 0.292. The summed E-state index contributed by atoms with van der Waals surface area (Å²) in [5.74, 6) is -0.237. The Bertz CT molecular complexity index is 1370. The molecule has 0 saturated heterocycles. The first-order valence-corrected chi connectivity index (χ1v) is 13.9. The minimum atomic E-state index is -3.98. The molecule has 4 rings (SSSR count). The minimum absolute atomic E-state index is 0.122. The molecule has 0 aliphatic rings. The maximum atomic E-state index is 13.9. The number of benzene rings is 2. The van der Waals surface area contributed by atoms with Crippen LogP contribution in [-0.4, -0.2) is 41.1 Å². The van der Waals surface area contributed by atoms with E-state index >= 15 is 0 Å². The van der Waals surface area contributed by atoms with E-state index in [0.717, 1.165) is 15.8 Å². The standard InChI is InChI=1S/C27H29N3O3S2/c1-3-21(2)30(35(32,33)25-15-7-12-23-13-8-16-28-27(23)25)20-26(31)29(19-24-14-9-17-34-24)18-22-10-5-4-6-11-22/h4-17,21H,3,18-20H2,1-2H3/t21-/m0/s1. The van der Waals surface area contributed by atoms with Gasteiger partial charge < -0.3 is 4.90 Å². The second-order valence-corrected chi connectivity index (χ2v) is 11.3. The molecule has 0 spiro atoms. The first-order chi connectivity index (χ1) is 16.9. The van der Waals surface area contributed by atoms with Crippen LogP contribution in [0.4, 0.5) is 0 Å². The van der Waals surface area contributed by atoms with E-state index in [4.69, 9.17) is 0 Å². The summed E-state index contributed by atoms with van der Waals surface area (Å²) in [5, 5.41) is 2.72. The summed E-state index contributed by atoms with van der Waals surface area (Å²) in [6.45, 7) is 4.35. The molecule has 2 heterocycles. The molecule has 1 atom stereocenters. The molecule has 6 nitrogen and oxygen atoms in total. The Morgan fingerprint density at radius 3 is 2.46 bits per heavy atom. The number of para-hydroxylation sites is 1. The predicted octanol–water partition coefficient (Wildman–Crippen LogP) is 5.31. The van der Waals surface area contributed by atoms with Crippen molar-refractivity contribution in [1.82, 2.24) is 14.2 Å². The molecule has 2 aromatic carbocycles. The number of amides is 1. The fourth-order valence-electron chi connectivity index (χ4n) is 3.95. The Morgan fingerprint density at radius 1 is 0.971 bits per heavy atom. The van der Waals surface area contributed by atoms with E-state index in [9.17, 15) is 13.2 Å². The number of carbonyl (C=O) groups is 1. The highest BCUT2D eigenvalue weighted by Crippen LogP contribution is 2.26. The highest BCUT2D eigenvalue weighted by molar-refractivity contribution is 7.89. The first kappa shape index (κ1) is 25.0. The first-order valence-electron chi connectivity index (χ1n) is 11.6. The molecule has 0 saturated carbocycles. The summed E-state index contributed by atoms with van der Waals surface area (Å²) in [6.07, 6.45) is 2.16. The third-order valence-corrected chi connectivity index (χ3v) is 8.90. The average Bonchev–Trinajstić information content (AvgIpc) is 3.39. The lowest BCUT2D eigenvalue weighted by atomic mass is 10.2. The summed E-state index contributed by atoms with van der Waals surface area (Å²) in [7, 11) is -3.98. The number of nitrogens with zero attached hydrogens (tertiary/aromatic N) is 3. The van der Waals surface area contributed by atoms with Gasteiger partial charge in [0.1, 0.15) is 4.90 Å². The highest BCUT2D eigenvalue weighted by Gasteiger charge is 2.33. The van der Waals surface area contributed by atoms with Crippen molar-refractivity contribution in [2.45, 2.75) is 44.3 Å². The van der Waals surface area contributed by atoms with Crippen LogP contribution < -0.4 is 0 Å². The minimum Gasteiger partial charge on any atom is -0.332 e. The smallest absolute Gasteiger partial charge is 0.245 e. The summed E-state index contributed by atoms with van der Waals surface area (Å²) < 4.78 is 29.1. The van der Waals surface area contributed by atoms with Gasteiger partial charge in [0.25, 0.3) is 0 Å². The largest absolute Gasteiger partial charge is 0.332 e. The molecule has 1 amide bonds. The van der Waals surface area contributed by atoms with Crippen LogP contribution >= 0.6 is 11.3 Å². The van der Waals surface area contributed by atoms with Crippen molar-refractivity contribution in [3.05, 3.63) is 94.8 Å². The number of hydrogen-bond acceptors (Lipinski definition) is 5. The number of hydrogen-bond donors (Lipinski definition) is 0. The lowest BCUT2D eigenvalue weighted by Crippen LogP contribution is -2.46. The van der Waals surface area contributed by atoms with Gasteiger partial charge >= 0.3 is 0 Å². The molecular weight excluding hydrogens is 478 g/mol. The van der Waals surface area contributed by atoms with E-state index < -0.39 is 10.0 Å². The lowest BCUT2D eigenvalue weighted by molar-refractivity contribution is -0.133. The van der Waals surface area contributed by atoms with Crippen LogP contribution in [0.25, 0.3) is 10.9 Å². The Labute approximate surface area is 210 Å². The predicted molar refractivity (Wildman–Crippen MR) is 140 cm³/mol. The zero-order valence-electron chi connectivity index (χ0n) is 19.9. The number of fused-ring (bicyclic) bond motifs is 1. The van der Waals surface area contributed by atoms with E-state index in [0.29, 0.717) is 25.0 Å². The van der Waals surface area contributed by atoms with Crippen molar-refractivity contribution >= 4 is 38.2 Å². The summed E-state index contributed by atoms with van der Waals surface area (Å²) in [4.78, 5) is 20.9. The van der Waals surface area contributed by atoms with E-state index in [1.54, 1.807) is 40.6 Å². The third-order valence-electron chi connectivity index (χ3n) is 6.05. The second-order valence-electron chi connectivity index (χ2n) is 8.45. The van der Waals surface area contributed by atoms with Gasteiger partial charge in [-0.2, -0.15) is 4.31 Å². The number of pyridine rings is 1. The van der Waals surface area contributed by atoms with Crippen LogP contribution in [0.5, 0.6) is 0 Å². The monoisotopic (exact) mass is 507 g/mol. The molecule has 182 valence electrons. The number of rotatable bonds is 10. The van der Waals surface area contributed by atoms with Crippen LogP contribution in [0.1, 0.15) is 30.7 Å². The molecule has 35 heavy (non-hydrogen) atoms. The van der Waals surface area contributed by atoms with Crippen molar-refractivity contribution in [1.29, 1.82) is 0 Å². The topological polar surface area (TPSA) is 70.6 Å². The van der Waals surface area contributed by atoms with E-state index in [1.165, 1.54) is 4.31 Å². The van der Waals surface area contributed by atoms with Gasteiger partial charge in [-0.05, 0) is 42.5 Å². The molecule has 0 N–H and O–H groups in total. The molecular formula is C27H29N3O3S2. The summed E-state index contributed by atoms with van der Waals surface area (Å²) in [6, 6.07) is 22.1. The van der Waals surface area contributed by atoms with Crippen LogP contribution in [0, 0.1) is 0 Å². The fourth-order valence-corrected chi connectivity index (χ4v) is 6.49. The van der Waals surface area contributed by atoms with Gasteiger partial charge in [0, 0.05) is 29.0 Å². The van der Waals surface area contributed by atoms with Crippen LogP contribution in [0.3, 0.4) is 0 Å². The number of thiophene rings is 1. The normalized spacial score (nSPS) is 12.7. The lowest BCUT2D eigenvalue weighted by Gasteiger charge is -2.30. The molecule has 4 aromatic rings. The second kappa shape index (κ2) is 11.1. The van der Waals surface area contributed by atoms with Gasteiger partial charge in [0.05, 0.1) is 18.6 Å². The van der Waals surface area contributed by atoms with Gasteiger partial charge in [-0.3, -0.25) is 9.78 Å². The number of carbonyl (C=O) groups excluding carboxylic acids is 1. The summed E-state index contributed by atoms with van der Waals surface area (Å²) in [5.41, 5.74) is 1.41. The van der Waals surface area contributed by atoms with Gasteiger partial charge in [0.15, 0.2) is 0 Å². The summed E-state index contributed by atoms with van der Waals surface area (Å²) >= 11 is 1.58. The Morgan fingerprint density at radius 2 is 1.74 bits per heavy atom. The molecule has 0 radical (unpaired) electrons. The molecule has 2 aromatic heterocycles. The van der Waals surface area contributed by atoms with Gasteiger partial charge in [-0.1, -0.05) is 61.5 Å². The molecule has 0 unspecified atom stereocenters. The molecule has 8 heteroatoms. The van der Waals surface area contributed by atoms with Crippen molar-refractivity contribution in [2.24, 2.45) is 0 Å². The van der Waals surface area contributed by atoms with Gasteiger partial charge in [-0.15, -0.1) is 11.3 Å². The van der Waals surface area contributed by atoms with Crippen molar-refractivity contribution < 1.29 is 13.2 Å². The van der Waals surface area contributed by atoms with E-state index in [1.807, 2.05) is 73.8 Å². The van der Waals surface area contributed by atoms with Crippen LogP contribution in [0.15, 0.2) is 89.3 Å². The van der Waals surface area contributed by atoms with Gasteiger partial charge in [0.2, 0.25) is 15.9 Å². The van der Waals surface area contributed by atoms with Gasteiger partial charge in [-0.25, -0.2) is 8.42 Å². The zero-order valence-corrected chi connectivity index (χ0v) is 21.5. The van der Waals surface area contributed by atoms with E-state index in [-0.39, 0.29) is 23.4 Å². The van der Waals surface area contributed by atoms with Crippen molar-refractivity contribution in [3.63, 3.8) is 0 Å². The zero-order chi connectivity index (χ0) is 24.8. The van der Waals surface area contributed by atoms with Crippen molar-refractivity contribution in [2.75, 3.05) is 6.54 Å². The number of aromatic nitrogens is 1. The third kappa shape index (κ3) is 5.78.